The van der Waals surface area contributed by atoms with Gasteiger partial charge in [0, 0.05) is 19.5 Å². The molecule has 2 unspecified atom stereocenters. The first-order chi connectivity index (χ1) is 11.5. The van der Waals surface area contributed by atoms with Gasteiger partial charge in [-0.2, -0.15) is 0 Å². The van der Waals surface area contributed by atoms with E-state index in [4.69, 9.17) is 9.84 Å². The molecule has 2 aliphatic rings. The number of hydrogen-bond acceptors (Lipinski definition) is 4. The minimum atomic E-state index is -1.12. The van der Waals surface area contributed by atoms with Crippen LogP contribution in [0.1, 0.15) is 6.42 Å². The Labute approximate surface area is 137 Å². The molecule has 0 spiro atoms. The van der Waals surface area contributed by atoms with E-state index < -0.39 is 23.8 Å². The van der Waals surface area contributed by atoms with Crippen molar-refractivity contribution in [2.24, 2.45) is 5.92 Å². The highest BCUT2D eigenvalue weighted by Gasteiger charge is 2.40. The summed E-state index contributed by atoms with van der Waals surface area (Å²) in [4.78, 5) is 38.4. The molecule has 3 rings (SSSR count). The first kappa shape index (κ1) is 16.4. The molecule has 24 heavy (non-hydrogen) atoms. The van der Waals surface area contributed by atoms with E-state index in [1.165, 1.54) is 28.0 Å². The number of amides is 2. The summed E-state index contributed by atoms with van der Waals surface area (Å²) in [5.74, 6) is -2.86. The number of benzene rings is 1. The van der Waals surface area contributed by atoms with E-state index in [9.17, 15) is 18.8 Å². The maximum atomic E-state index is 13.9. The van der Waals surface area contributed by atoms with Gasteiger partial charge >= 0.3 is 5.97 Å². The molecular formula is C16H17FN2O5. The van der Waals surface area contributed by atoms with Crippen molar-refractivity contribution in [1.82, 2.24) is 4.90 Å². The Kier molecular flexibility index (Phi) is 4.48. The van der Waals surface area contributed by atoms with Crippen LogP contribution in [0, 0.1) is 11.7 Å². The molecule has 0 radical (unpaired) electrons. The molecule has 2 atom stereocenters. The van der Waals surface area contributed by atoms with Crippen molar-refractivity contribution >= 4 is 23.5 Å². The van der Waals surface area contributed by atoms with E-state index in [0.717, 1.165) is 0 Å². The number of para-hydroxylation sites is 1. The number of carbonyl (C=O) groups is 3. The molecule has 2 aliphatic heterocycles. The zero-order valence-electron chi connectivity index (χ0n) is 12.9. The molecule has 2 saturated heterocycles. The topological polar surface area (TPSA) is 87.2 Å². The largest absolute Gasteiger partial charge is 0.479 e. The van der Waals surface area contributed by atoms with Crippen LogP contribution in [-0.2, 0) is 19.1 Å². The van der Waals surface area contributed by atoms with Gasteiger partial charge in [0.1, 0.15) is 5.82 Å². The smallest absolute Gasteiger partial charge is 0.334 e. The molecule has 8 heteroatoms. The first-order valence-electron chi connectivity index (χ1n) is 7.65. The quantitative estimate of drug-likeness (QED) is 0.868. The Morgan fingerprint density at radius 3 is 2.71 bits per heavy atom. The number of rotatable bonds is 3. The lowest BCUT2D eigenvalue weighted by Crippen LogP contribution is -2.50. The molecular weight excluding hydrogens is 319 g/mol. The second-order valence-electron chi connectivity index (χ2n) is 5.84. The van der Waals surface area contributed by atoms with Crippen molar-refractivity contribution in [3.8, 4) is 0 Å². The van der Waals surface area contributed by atoms with Crippen molar-refractivity contribution in [1.29, 1.82) is 0 Å². The molecule has 1 aromatic carbocycles. The van der Waals surface area contributed by atoms with Crippen LogP contribution in [0.5, 0.6) is 0 Å². The Balaban J connectivity index is 1.70. The van der Waals surface area contributed by atoms with Crippen molar-refractivity contribution < 1.29 is 28.6 Å². The van der Waals surface area contributed by atoms with Gasteiger partial charge in [-0.25, -0.2) is 9.18 Å². The van der Waals surface area contributed by atoms with Crippen LogP contribution in [-0.4, -0.2) is 60.1 Å². The number of ether oxygens (including phenoxy) is 1. The molecule has 1 N–H and O–H groups in total. The minimum Gasteiger partial charge on any atom is -0.479 e. The summed E-state index contributed by atoms with van der Waals surface area (Å²) >= 11 is 0. The lowest BCUT2D eigenvalue weighted by Gasteiger charge is -2.32. The van der Waals surface area contributed by atoms with Crippen molar-refractivity contribution in [3.05, 3.63) is 30.1 Å². The SMILES string of the molecule is O=C(O)C1CN(C(=O)C2CC(=O)N(c3ccccc3F)C2)CCO1. The van der Waals surface area contributed by atoms with Gasteiger partial charge in [0.2, 0.25) is 11.8 Å². The molecule has 0 saturated carbocycles. The van der Waals surface area contributed by atoms with Crippen molar-refractivity contribution in [3.63, 3.8) is 0 Å². The monoisotopic (exact) mass is 336 g/mol. The summed E-state index contributed by atoms with van der Waals surface area (Å²) in [7, 11) is 0. The van der Waals surface area contributed by atoms with E-state index in [-0.39, 0.29) is 50.2 Å². The maximum absolute atomic E-state index is 13.9. The van der Waals surface area contributed by atoms with Crippen LogP contribution >= 0.6 is 0 Å². The third-order valence-corrected chi connectivity index (χ3v) is 4.27. The van der Waals surface area contributed by atoms with Crippen LogP contribution in [0.3, 0.4) is 0 Å². The molecule has 2 amide bonds. The summed E-state index contributed by atoms with van der Waals surface area (Å²) in [5, 5.41) is 9.00. The van der Waals surface area contributed by atoms with Crippen LogP contribution in [0.4, 0.5) is 10.1 Å². The summed E-state index contributed by atoms with van der Waals surface area (Å²) in [5.41, 5.74) is 0.156. The number of carbonyl (C=O) groups excluding carboxylic acids is 2. The molecule has 1 aromatic rings. The normalized spacial score (nSPS) is 24.3. The second kappa shape index (κ2) is 6.56. The highest BCUT2D eigenvalue weighted by molar-refractivity contribution is 6.00. The third kappa shape index (κ3) is 3.09. The lowest BCUT2D eigenvalue weighted by molar-refractivity contribution is -0.160. The lowest BCUT2D eigenvalue weighted by atomic mass is 10.1. The van der Waals surface area contributed by atoms with E-state index in [2.05, 4.69) is 0 Å². The zero-order chi connectivity index (χ0) is 17.3. The minimum absolute atomic E-state index is 0.0116. The van der Waals surface area contributed by atoms with Gasteiger partial charge < -0.3 is 19.6 Å². The van der Waals surface area contributed by atoms with Crippen molar-refractivity contribution in [2.45, 2.75) is 12.5 Å². The predicted octanol–water partition coefficient (Wildman–Crippen LogP) is 0.491. The van der Waals surface area contributed by atoms with Gasteiger partial charge in [0.15, 0.2) is 6.10 Å². The average Bonchev–Trinajstić information content (AvgIpc) is 2.96. The molecule has 2 fully saturated rings. The fourth-order valence-corrected chi connectivity index (χ4v) is 3.03. The summed E-state index contributed by atoms with van der Waals surface area (Å²) < 4.78 is 19.0. The Morgan fingerprint density at radius 2 is 2.00 bits per heavy atom. The standard InChI is InChI=1S/C16H17FN2O5/c17-11-3-1-2-4-12(11)19-8-10(7-14(19)20)15(21)18-5-6-24-13(9-18)16(22)23/h1-4,10,13H,5-9H2,(H,22,23). The van der Waals surface area contributed by atoms with Crippen LogP contribution in [0.15, 0.2) is 24.3 Å². The van der Waals surface area contributed by atoms with Gasteiger partial charge in [0.05, 0.1) is 24.8 Å². The van der Waals surface area contributed by atoms with E-state index in [0.29, 0.717) is 0 Å². The predicted molar refractivity (Wildman–Crippen MR) is 80.8 cm³/mol. The Bertz CT molecular complexity index is 680. The van der Waals surface area contributed by atoms with E-state index in [1.54, 1.807) is 6.07 Å². The summed E-state index contributed by atoms with van der Waals surface area (Å²) in [6, 6.07) is 5.91. The zero-order valence-corrected chi connectivity index (χ0v) is 12.9. The molecule has 0 bridgehead atoms. The number of morpholine rings is 1. The highest BCUT2D eigenvalue weighted by atomic mass is 19.1. The molecule has 0 aliphatic carbocycles. The highest BCUT2D eigenvalue weighted by Crippen LogP contribution is 2.28. The van der Waals surface area contributed by atoms with Crippen LogP contribution < -0.4 is 4.90 Å². The van der Waals surface area contributed by atoms with E-state index >= 15 is 0 Å². The maximum Gasteiger partial charge on any atom is 0.334 e. The van der Waals surface area contributed by atoms with Gasteiger partial charge in [-0.3, -0.25) is 9.59 Å². The molecule has 2 heterocycles. The van der Waals surface area contributed by atoms with Gasteiger partial charge in [0.25, 0.3) is 0 Å². The Morgan fingerprint density at radius 1 is 1.25 bits per heavy atom. The fraction of sp³-hybridized carbons (Fsp3) is 0.438. The summed E-state index contributed by atoms with van der Waals surface area (Å²) in [6.45, 7) is 0.472. The molecule has 7 nitrogen and oxygen atoms in total. The molecule has 128 valence electrons. The summed E-state index contributed by atoms with van der Waals surface area (Å²) in [6.07, 6.45) is -1.06. The number of hydrogen-bond donors (Lipinski definition) is 1. The Hall–Kier alpha value is -2.48. The number of halogens is 1. The second-order valence-corrected chi connectivity index (χ2v) is 5.84. The van der Waals surface area contributed by atoms with Gasteiger partial charge in [-0.15, -0.1) is 0 Å². The number of anilines is 1. The third-order valence-electron chi connectivity index (χ3n) is 4.27. The fourth-order valence-electron chi connectivity index (χ4n) is 3.03. The molecule has 0 aromatic heterocycles. The van der Waals surface area contributed by atoms with Gasteiger partial charge in [-0.1, -0.05) is 12.1 Å². The van der Waals surface area contributed by atoms with Crippen LogP contribution in [0.25, 0.3) is 0 Å². The van der Waals surface area contributed by atoms with Crippen molar-refractivity contribution in [2.75, 3.05) is 31.1 Å². The number of carboxylic acids is 1. The average molecular weight is 336 g/mol. The first-order valence-corrected chi connectivity index (χ1v) is 7.65. The van der Waals surface area contributed by atoms with Crippen LogP contribution in [0.2, 0.25) is 0 Å². The number of carboxylic acid groups (broad SMARTS) is 1. The number of aliphatic carboxylic acids is 1. The van der Waals surface area contributed by atoms with E-state index in [1.807, 2.05) is 0 Å². The number of nitrogens with zero attached hydrogens (tertiary/aromatic N) is 2. The van der Waals surface area contributed by atoms with Gasteiger partial charge in [-0.05, 0) is 12.1 Å².